The monoisotopic (exact) mass is 219 g/mol. The van der Waals surface area contributed by atoms with E-state index < -0.39 is 26.5 Å². The number of nitrogens with two attached hydrogens (primary N) is 1. The molecule has 0 rings (SSSR count). The van der Waals surface area contributed by atoms with Gasteiger partial charge in [-0.05, 0) is 0 Å². The molecule has 0 saturated carbocycles. The van der Waals surface area contributed by atoms with Gasteiger partial charge in [0.2, 0.25) is 0 Å². The molecule has 0 bridgehead atoms. The minimum atomic E-state index is -4.94. The van der Waals surface area contributed by atoms with Gasteiger partial charge in [-0.2, -0.15) is 16.8 Å². The van der Waals surface area contributed by atoms with Crippen LogP contribution < -0.4 is 14.6 Å². The predicted octanol–water partition coefficient (Wildman–Crippen LogP) is -2.71. The first-order valence-corrected chi connectivity index (χ1v) is 5.13. The van der Waals surface area contributed by atoms with Gasteiger partial charge in [0.25, 0.3) is 0 Å². The third-order valence-corrected chi connectivity index (χ3v) is 2.64. The average molecular weight is 219 g/mol. The molecule has 0 radical (unpaired) electrons. The van der Waals surface area contributed by atoms with Crippen molar-refractivity contribution in [3.63, 3.8) is 0 Å². The Kier molecular flexibility index (Phi) is 2.98. The zero-order chi connectivity index (χ0) is 9.99. The van der Waals surface area contributed by atoms with Gasteiger partial charge in [-0.15, -0.1) is 0 Å². The minimum Gasteiger partial charge on any atom is -0.351 e. The fourth-order valence-electron chi connectivity index (χ4n) is 0.292. The molecule has 0 aliphatic rings. The highest BCUT2D eigenvalue weighted by atomic mass is 32.3. The van der Waals surface area contributed by atoms with Crippen molar-refractivity contribution in [1.29, 1.82) is 0 Å². The van der Waals surface area contributed by atoms with E-state index >= 15 is 0 Å². The molecule has 0 aliphatic carbocycles. The molecule has 0 unspecified atom stereocenters. The van der Waals surface area contributed by atoms with E-state index in [4.69, 9.17) is 4.55 Å². The van der Waals surface area contributed by atoms with Gasteiger partial charge in [0, 0.05) is 0 Å². The van der Waals surface area contributed by atoms with Gasteiger partial charge in [0.15, 0.2) is 0 Å². The Hall–Kier alpha value is -0.910. The van der Waals surface area contributed by atoms with E-state index in [1.807, 2.05) is 0 Å². The summed E-state index contributed by atoms with van der Waals surface area (Å²) in [5.74, 6) is 0. The van der Waals surface area contributed by atoms with Crippen molar-refractivity contribution in [2.24, 2.45) is 5.73 Å². The lowest BCUT2D eigenvalue weighted by atomic mass is 11.2. The Balaban J connectivity index is 4.58. The number of hydrogen-bond acceptors (Lipinski definition) is 5. The summed E-state index contributed by atoms with van der Waals surface area (Å²) in [5.41, 5.74) is 4.35. The first kappa shape index (κ1) is 11.1. The first-order chi connectivity index (χ1) is 5.12. The highest BCUT2D eigenvalue weighted by Crippen LogP contribution is 1.80. The summed E-state index contributed by atoms with van der Waals surface area (Å²) < 4.78 is 50.3. The highest BCUT2D eigenvalue weighted by molar-refractivity contribution is 8.01. The van der Waals surface area contributed by atoms with Crippen LogP contribution in [0.25, 0.3) is 0 Å². The number of hydrogen-bond donors (Lipinski definition) is 4. The van der Waals surface area contributed by atoms with Gasteiger partial charge in [-0.1, -0.05) is 4.13 Å². The fourth-order valence-corrected chi connectivity index (χ4v) is 1.83. The van der Waals surface area contributed by atoms with E-state index in [2.05, 4.69) is 5.73 Å². The molecule has 0 aromatic heterocycles. The molecule has 5 N–H and O–H groups in total. The maximum Gasteiger partial charge on any atom is 0.348 e. The van der Waals surface area contributed by atoms with Gasteiger partial charge >= 0.3 is 26.5 Å². The lowest BCUT2D eigenvalue weighted by molar-refractivity contribution is 0.253. The summed E-state index contributed by atoms with van der Waals surface area (Å²) in [6.07, 6.45) is 0. The number of carbonyl (C=O) groups is 1. The van der Waals surface area contributed by atoms with Crippen LogP contribution in [0.1, 0.15) is 0 Å². The Morgan fingerprint density at radius 3 is 1.92 bits per heavy atom. The van der Waals surface area contributed by atoms with Gasteiger partial charge in [-0.3, -0.25) is 4.55 Å². The molecule has 72 valence electrons. The summed E-state index contributed by atoms with van der Waals surface area (Å²) in [7, 11) is -9.59. The normalized spacial score (nSPS) is 12.4. The number of urea groups is 1. The van der Waals surface area contributed by atoms with Crippen LogP contribution in [0, 0.1) is 0 Å². The van der Waals surface area contributed by atoms with Crippen molar-refractivity contribution in [3.05, 3.63) is 0 Å². The summed E-state index contributed by atoms with van der Waals surface area (Å²) in [6.45, 7) is 0. The molecule has 2 amide bonds. The molecule has 9 nitrogen and oxygen atoms in total. The molecule has 0 saturated heterocycles. The van der Waals surface area contributed by atoms with Crippen LogP contribution in [0.15, 0.2) is 0 Å². The van der Waals surface area contributed by atoms with Gasteiger partial charge in [0.1, 0.15) is 0 Å². The molecular formula is CH5N3O6S2. The van der Waals surface area contributed by atoms with Gasteiger partial charge in [-0.25, -0.2) is 9.52 Å². The van der Waals surface area contributed by atoms with E-state index in [1.165, 1.54) is 0 Å². The molecule has 0 aliphatic heterocycles. The van der Waals surface area contributed by atoms with Crippen LogP contribution in [0.5, 0.6) is 0 Å². The second-order valence-corrected chi connectivity index (χ2v) is 4.36. The lowest BCUT2D eigenvalue weighted by Crippen LogP contribution is -2.44. The summed E-state index contributed by atoms with van der Waals surface area (Å²) in [5, 5.41) is 0. The average Bonchev–Trinajstić information content (AvgIpc) is 1.48. The standard InChI is InChI=1S/CH5N3O6S2/c2-1(5)3-11(6,7)4-12(8,9)10/h4H,(H3,2,3,5)(H,8,9,10). The van der Waals surface area contributed by atoms with E-state index in [-0.39, 0.29) is 0 Å². The fraction of sp³-hybridized carbons (Fsp3) is 0. The lowest BCUT2D eigenvalue weighted by Gasteiger charge is -2.01. The number of amides is 2. The molecule has 0 spiro atoms. The van der Waals surface area contributed by atoms with Crippen LogP contribution in [0.3, 0.4) is 0 Å². The van der Waals surface area contributed by atoms with Crippen LogP contribution in [-0.4, -0.2) is 27.4 Å². The number of nitrogens with one attached hydrogen (secondary N) is 2. The third kappa shape index (κ3) is 5.84. The maximum atomic E-state index is 10.4. The quantitative estimate of drug-likeness (QED) is 0.378. The Bertz CT molecular complexity index is 364. The molecule has 0 fully saturated rings. The second-order valence-electron chi connectivity index (χ2n) is 1.53. The van der Waals surface area contributed by atoms with Crippen LogP contribution in [-0.2, 0) is 20.5 Å². The Morgan fingerprint density at radius 2 is 1.67 bits per heavy atom. The molecule has 0 aromatic rings. The van der Waals surface area contributed by atoms with Crippen LogP contribution in [0.2, 0.25) is 0 Å². The molecular weight excluding hydrogens is 214 g/mol. The summed E-state index contributed by atoms with van der Waals surface area (Å²) in [4.78, 5) is 9.92. The van der Waals surface area contributed by atoms with Crippen LogP contribution >= 0.6 is 0 Å². The van der Waals surface area contributed by atoms with Gasteiger partial charge in [0.05, 0.1) is 0 Å². The van der Waals surface area contributed by atoms with E-state index in [9.17, 15) is 21.6 Å². The SMILES string of the molecule is NC(=O)NS(=O)(=O)NS(=O)(=O)O. The Morgan fingerprint density at radius 1 is 1.25 bits per heavy atom. The second kappa shape index (κ2) is 3.22. The minimum absolute atomic E-state index is 0.715. The van der Waals surface area contributed by atoms with Crippen LogP contribution in [0.4, 0.5) is 4.79 Å². The number of primary amides is 1. The third-order valence-electron chi connectivity index (χ3n) is 0.450. The first-order valence-electron chi connectivity index (χ1n) is 2.20. The highest BCUT2D eigenvalue weighted by Gasteiger charge is 2.18. The van der Waals surface area contributed by atoms with E-state index in [1.54, 1.807) is 0 Å². The largest absolute Gasteiger partial charge is 0.351 e. The molecule has 12 heavy (non-hydrogen) atoms. The Labute approximate surface area is 68.0 Å². The molecule has 0 aromatic carbocycles. The van der Waals surface area contributed by atoms with E-state index in [0.29, 0.717) is 4.13 Å². The summed E-state index contributed by atoms with van der Waals surface area (Å²) in [6, 6.07) is -1.48. The van der Waals surface area contributed by atoms with Crippen molar-refractivity contribution < 1.29 is 26.2 Å². The predicted molar refractivity (Wildman–Crippen MR) is 36.3 cm³/mol. The number of carbonyl (C=O) groups excluding carboxylic acids is 1. The van der Waals surface area contributed by atoms with E-state index in [0.717, 1.165) is 4.72 Å². The van der Waals surface area contributed by atoms with Crippen molar-refractivity contribution in [2.75, 3.05) is 0 Å². The number of rotatable bonds is 3. The zero-order valence-electron chi connectivity index (χ0n) is 5.38. The smallest absolute Gasteiger partial charge is 0.348 e. The molecule has 0 atom stereocenters. The van der Waals surface area contributed by atoms with Crippen molar-refractivity contribution >= 4 is 26.5 Å². The maximum absolute atomic E-state index is 10.4. The summed E-state index contributed by atoms with van der Waals surface area (Å²) >= 11 is 0. The van der Waals surface area contributed by atoms with Gasteiger partial charge < -0.3 is 5.73 Å². The molecule has 11 heteroatoms. The van der Waals surface area contributed by atoms with Crippen molar-refractivity contribution in [3.8, 4) is 0 Å². The molecule has 0 heterocycles. The zero-order valence-corrected chi connectivity index (χ0v) is 7.02. The van der Waals surface area contributed by atoms with Crippen molar-refractivity contribution in [2.45, 2.75) is 0 Å². The topological polar surface area (TPSA) is 156 Å². The van der Waals surface area contributed by atoms with Crippen molar-refractivity contribution in [1.82, 2.24) is 8.85 Å².